The van der Waals surface area contributed by atoms with Crippen LogP contribution in [0.1, 0.15) is 11.3 Å². The summed E-state index contributed by atoms with van der Waals surface area (Å²) in [5, 5.41) is 11.5. The molecule has 0 aliphatic carbocycles. The molecule has 0 saturated carbocycles. The second-order valence-corrected chi connectivity index (χ2v) is 6.57. The fraction of sp³-hybridized carbons (Fsp3) is 0. The molecule has 1 saturated heterocycles. The zero-order valence-electron chi connectivity index (χ0n) is 15.0. The smallest absolute Gasteiger partial charge is 0.270 e. The summed E-state index contributed by atoms with van der Waals surface area (Å²) in [6, 6.07) is 21.2. The second-order valence-electron chi connectivity index (χ2n) is 6.18. The van der Waals surface area contributed by atoms with Gasteiger partial charge in [-0.15, -0.1) is 0 Å². The Hall–Kier alpha value is -4.02. The number of hydrogen-bond donors (Lipinski definition) is 1. The van der Waals surface area contributed by atoms with Crippen LogP contribution in [0.2, 0.25) is 0 Å². The molecule has 1 aliphatic rings. The minimum absolute atomic E-state index is 0.0288. The van der Waals surface area contributed by atoms with E-state index in [9.17, 15) is 9.59 Å². The van der Waals surface area contributed by atoms with Gasteiger partial charge in [0.15, 0.2) is 5.11 Å². The highest BCUT2D eigenvalue weighted by Crippen LogP contribution is 2.26. The van der Waals surface area contributed by atoms with E-state index in [0.717, 1.165) is 5.56 Å². The molecule has 1 N–H and O–H groups in total. The van der Waals surface area contributed by atoms with Crippen molar-refractivity contribution in [3.8, 4) is 17.4 Å². The summed E-state index contributed by atoms with van der Waals surface area (Å²) < 4.78 is 5.77. The lowest BCUT2D eigenvalue weighted by Crippen LogP contribution is -2.54. The highest BCUT2D eigenvalue weighted by Gasteiger charge is 2.34. The van der Waals surface area contributed by atoms with E-state index in [1.54, 1.807) is 60.7 Å². The van der Waals surface area contributed by atoms with Gasteiger partial charge in [-0.3, -0.25) is 19.8 Å². The van der Waals surface area contributed by atoms with Gasteiger partial charge in [0.05, 0.1) is 17.3 Å². The molecule has 1 fully saturated rings. The van der Waals surface area contributed by atoms with Crippen LogP contribution in [-0.4, -0.2) is 16.9 Å². The minimum atomic E-state index is -0.580. The van der Waals surface area contributed by atoms with Crippen molar-refractivity contribution in [2.75, 3.05) is 4.90 Å². The summed E-state index contributed by atoms with van der Waals surface area (Å²) in [5.41, 5.74) is 1.80. The second kappa shape index (κ2) is 7.54. The molecule has 0 unspecified atom stereocenters. The van der Waals surface area contributed by atoms with Crippen molar-refractivity contribution in [1.29, 1.82) is 5.26 Å². The largest absolute Gasteiger partial charge is 0.457 e. The van der Waals surface area contributed by atoms with Crippen LogP contribution in [0.25, 0.3) is 17.4 Å². The van der Waals surface area contributed by atoms with Crippen molar-refractivity contribution in [1.82, 2.24) is 5.32 Å². The molecule has 29 heavy (non-hydrogen) atoms. The van der Waals surface area contributed by atoms with E-state index in [-0.39, 0.29) is 10.7 Å². The molecule has 140 valence electrons. The van der Waals surface area contributed by atoms with Crippen LogP contribution in [0, 0.1) is 11.3 Å². The Labute approximate surface area is 171 Å². The van der Waals surface area contributed by atoms with Crippen LogP contribution >= 0.6 is 12.2 Å². The third-order valence-corrected chi connectivity index (χ3v) is 4.61. The maximum absolute atomic E-state index is 12.9. The molecule has 6 nitrogen and oxygen atoms in total. The number of nitriles is 1. The van der Waals surface area contributed by atoms with Gasteiger partial charge in [0.2, 0.25) is 0 Å². The number of rotatable bonds is 3. The van der Waals surface area contributed by atoms with Crippen LogP contribution in [0.4, 0.5) is 5.69 Å². The summed E-state index contributed by atoms with van der Waals surface area (Å²) in [6.45, 7) is 0. The predicted octanol–water partition coefficient (Wildman–Crippen LogP) is 3.65. The number of para-hydroxylation sites is 1. The van der Waals surface area contributed by atoms with Crippen molar-refractivity contribution in [3.05, 3.63) is 83.6 Å². The van der Waals surface area contributed by atoms with Crippen LogP contribution in [0.5, 0.6) is 0 Å². The summed E-state index contributed by atoms with van der Waals surface area (Å²) in [4.78, 5) is 26.6. The zero-order valence-corrected chi connectivity index (χ0v) is 15.8. The van der Waals surface area contributed by atoms with Gasteiger partial charge in [-0.25, -0.2) is 0 Å². The van der Waals surface area contributed by atoms with E-state index < -0.39 is 11.8 Å². The third kappa shape index (κ3) is 3.57. The monoisotopic (exact) mass is 399 g/mol. The van der Waals surface area contributed by atoms with Gasteiger partial charge in [-0.1, -0.05) is 18.2 Å². The first kappa shape index (κ1) is 18.3. The molecule has 0 bridgehead atoms. The molecule has 1 aromatic heterocycles. The van der Waals surface area contributed by atoms with Gasteiger partial charge in [-0.05, 0) is 66.8 Å². The number of hydrogen-bond acceptors (Lipinski definition) is 5. The average Bonchev–Trinajstić information content (AvgIpc) is 3.20. The lowest BCUT2D eigenvalue weighted by molar-refractivity contribution is -0.122. The highest BCUT2D eigenvalue weighted by molar-refractivity contribution is 7.80. The number of nitrogens with one attached hydrogen (secondary N) is 1. The molecule has 2 heterocycles. The van der Waals surface area contributed by atoms with E-state index in [1.165, 1.54) is 11.0 Å². The minimum Gasteiger partial charge on any atom is -0.457 e. The number of amides is 2. The molecule has 0 radical (unpaired) electrons. The van der Waals surface area contributed by atoms with Crippen molar-refractivity contribution in [2.24, 2.45) is 0 Å². The molecule has 0 spiro atoms. The molecule has 0 atom stereocenters. The van der Waals surface area contributed by atoms with Gasteiger partial charge in [0, 0.05) is 5.56 Å². The van der Waals surface area contributed by atoms with Crippen LogP contribution in [0.3, 0.4) is 0 Å². The third-order valence-electron chi connectivity index (χ3n) is 4.33. The normalized spacial score (nSPS) is 15.3. The number of carbonyl (C=O) groups is 2. The Morgan fingerprint density at radius 2 is 1.72 bits per heavy atom. The number of anilines is 1. The number of furan rings is 1. The summed E-state index contributed by atoms with van der Waals surface area (Å²) in [5.74, 6) is -0.200. The number of nitrogens with zero attached hydrogens (tertiary/aromatic N) is 2. The van der Waals surface area contributed by atoms with E-state index in [2.05, 4.69) is 11.4 Å². The first-order chi connectivity index (χ1) is 14.1. The summed E-state index contributed by atoms with van der Waals surface area (Å²) in [6.07, 6.45) is 1.39. The van der Waals surface area contributed by atoms with Gasteiger partial charge < -0.3 is 4.42 Å². The maximum Gasteiger partial charge on any atom is 0.270 e. The van der Waals surface area contributed by atoms with Crippen molar-refractivity contribution >= 4 is 40.9 Å². The molecule has 2 aromatic carbocycles. The Kier molecular flexibility index (Phi) is 4.77. The Morgan fingerprint density at radius 1 is 1.00 bits per heavy atom. The van der Waals surface area contributed by atoms with Gasteiger partial charge in [0.1, 0.15) is 17.1 Å². The first-order valence-corrected chi connectivity index (χ1v) is 9.04. The Bertz CT molecular complexity index is 1190. The lowest BCUT2D eigenvalue weighted by Gasteiger charge is -2.28. The van der Waals surface area contributed by atoms with Crippen molar-refractivity contribution < 1.29 is 14.0 Å². The quantitative estimate of drug-likeness (QED) is 0.413. The zero-order chi connectivity index (χ0) is 20.4. The van der Waals surface area contributed by atoms with Crippen molar-refractivity contribution in [3.63, 3.8) is 0 Å². The SMILES string of the molecule is N#Cc1ccc(-c2ccc(/C=C3\C(=O)NC(=S)N(c4ccccc4)C3=O)o2)cc1. The van der Waals surface area contributed by atoms with E-state index in [1.807, 2.05) is 6.07 Å². The van der Waals surface area contributed by atoms with E-state index in [4.69, 9.17) is 21.9 Å². The number of benzene rings is 2. The Morgan fingerprint density at radius 3 is 2.41 bits per heavy atom. The fourth-order valence-corrected chi connectivity index (χ4v) is 3.19. The van der Waals surface area contributed by atoms with E-state index in [0.29, 0.717) is 22.8 Å². The molecule has 4 rings (SSSR count). The standard InChI is InChI=1S/C22H13N3O3S/c23-13-14-6-8-15(9-7-14)19-11-10-17(28-19)12-18-20(26)24-22(29)25(21(18)27)16-4-2-1-3-5-16/h1-12H,(H,24,26,29)/b18-12+. The molecular formula is C22H13N3O3S. The molecule has 3 aromatic rings. The Balaban J connectivity index is 1.65. The molecule has 1 aliphatic heterocycles. The van der Waals surface area contributed by atoms with Gasteiger partial charge in [0.25, 0.3) is 11.8 Å². The highest BCUT2D eigenvalue weighted by atomic mass is 32.1. The van der Waals surface area contributed by atoms with Crippen molar-refractivity contribution in [2.45, 2.75) is 0 Å². The van der Waals surface area contributed by atoms with Gasteiger partial charge >= 0.3 is 0 Å². The average molecular weight is 399 g/mol. The van der Waals surface area contributed by atoms with Gasteiger partial charge in [-0.2, -0.15) is 5.26 Å². The van der Waals surface area contributed by atoms with E-state index >= 15 is 0 Å². The molecule has 7 heteroatoms. The lowest BCUT2D eigenvalue weighted by atomic mass is 10.1. The van der Waals surface area contributed by atoms with Crippen LogP contribution in [0.15, 0.2) is 76.7 Å². The topological polar surface area (TPSA) is 86.3 Å². The predicted molar refractivity (Wildman–Crippen MR) is 112 cm³/mol. The number of carbonyl (C=O) groups excluding carboxylic acids is 2. The summed E-state index contributed by atoms with van der Waals surface area (Å²) >= 11 is 5.17. The fourth-order valence-electron chi connectivity index (χ4n) is 2.91. The number of thiocarbonyl (C=S) groups is 1. The molecule has 2 amide bonds. The first-order valence-electron chi connectivity index (χ1n) is 8.64. The van der Waals surface area contributed by atoms with Crippen LogP contribution < -0.4 is 10.2 Å². The molecular weight excluding hydrogens is 386 g/mol. The summed E-state index contributed by atoms with van der Waals surface area (Å²) in [7, 11) is 0. The van der Waals surface area contributed by atoms with Crippen LogP contribution in [-0.2, 0) is 9.59 Å². The maximum atomic E-state index is 12.9.